The summed E-state index contributed by atoms with van der Waals surface area (Å²) in [7, 11) is 0. The second kappa shape index (κ2) is 15.2. The molecule has 0 radical (unpaired) electrons. The Morgan fingerprint density at radius 2 is 1.06 bits per heavy atom. The molecule has 0 saturated carbocycles. The van der Waals surface area contributed by atoms with Crippen molar-refractivity contribution in [1.82, 2.24) is 0 Å². The van der Waals surface area contributed by atoms with Crippen molar-refractivity contribution in [3.05, 3.63) is 36.5 Å². The molecule has 0 aromatic rings. The Kier molecular flexibility index (Phi) is 14.5. The summed E-state index contributed by atoms with van der Waals surface area (Å²) in [5.74, 6) is 0. The van der Waals surface area contributed by atoms with Crippen molar-refractivity contribution in [3.63, 3.8) is 0 Å². The fourth-order valence-electron chi connectivity index (χ4n) is 1.67. The van der Waals surface area contributed by atoms with Gasteiger partial charge in [0.25, 0.3) is 0 Å². The molecular weight excluding hydrogens is 204 g/mol. The van der Waals surface area contributed by atoms with Crippen LogP contribution in [0.5, 0.6) is 0 Å². The number of hydrogen-bond donors (Lipinski definition) is 0. The van der Waals surface area contributed by atoms with E-state index in [1.54, 1.807) is 0 Å². The van der Waals surface area contributed by atoms with E-state index in [9.17, 15) is 0 Å². The highest BCUT2D eigenvalue weighted by Gasteiger charge is 1.85. The van der Waals surface area contributed by atoms with Gasteiger partial charge in [-0.15, -0.1) is 0 Å². The normalized spacial score (nSPS) is 12.4. The molecule has 0 aromatic heterocycles. The van der Waals surface area contributed by atoms with Crippen LogP contribution in [0.4, 0.5) is 0 Å². The smallest absolute Gasteiger partial charge is 0.0348 e. The van der Waals surface area contributed by atoms with Crippen LogP contribution >= 0.6 is 0 Å². The van der Waals surface area contributed by atoms with Gasteiger partial charge in [-0.25, -0.2) is 0 Å². The average Bonchev–Trinajstić information content (AvgIpc) is 2.35. The molecule has 0 N–H and O–H groups in total. The van der Waals surface area contributed by atoms with Gasteiger partial charge < -0.3 is 0 Å². The van der Waals surface area contributed by atoms with Crippen molar-refractivity contribution in [3.8, 4) is 0 Å². The van der Waals surface area contributed by atoms with Crippen LogP contribution in [0.15, 0.2) is 36.5 Å². The van der Waals surface area contributed by atoms with Crippen LogP contribution in [-0.4, -0.2) is 0 Å². The molecule has 0 aliphatic carbocycles. The zero-order chi connectivity index (χ0) is 12.6. The second-order valence-electron chi connectivity index (χ2n) is 4.59. The first-order valence-electron chi connectivity index (χ1n) is 7.40. The zero-order valence-corrected chi connectivity index (χ0v) is 11.8. The van der Waals surface area contributed by atoms with Crippen LogP contribution in [0.1, 0.15) is 71.6 Å². The van der Waals surface area contributed by atoms with Gasteiger partial charge in [0.15, 0.2) is 0 Å². The van der Waals surface area contributed by atoms with Gasteiger partial charge in [-0.2, -0.15) is 0 Å². The molecule has 0 rings (SSSR count). The maximum atomic E-state index is 2.28. The maximum Gasteiger partial charge on any atom is -0.0348 e. The van der Waals surface area contributed by atoms with E-state index in [2.05, 4.69) is 50.3 Å². The first-order chi connectivity index (χ1) is 8.41. The second-order valence-corrected chi connectivity index (χ2v) is 4.59. The molecule has 0 aromatic carbocycles. The first kappa shape index (κ1) is 16.2. The third kappa shape index (κ3) is 15.2. The van der Waals surface area contributed by atoms with E-state index in [1.807, 2.05) is 0 Å². The fraction of sp³-hybridized carbons (Fsp3) is 0.647. The summed E-state index contributed by atoms with van der Waals surface area (Å²) < 4.78 is 0. The predicted octanol–water partition coefficient (Wildman–Crippen LogP) is 6.21. The molecule has 17 heavy (non-hydrogen) atoms. The number of hydrogen-bond acceptors (Lipinski definition) is 0. The molecule has 0 heteroatoms. The van der Waals surface area contributed by atoms with Crippen molar-refractivity contribution in [2.45, 2.75) is 71.6 Å². The minimum Gasteiger partial charge on any atom is -0.0845 e. The number of rotatable bonds is 11. The average molecular weight is 234 g/mol. The lowest BCUT2D eigenvalue weighted by atomic mass is 10.1. The minimum absolute atomic E-state index is 1.21. The highest BCUT2D eigenvalue weighted by Crippen LogP contribution is 2.05. The zero-order valence-electron chi connectivity index (χ0n) is 11.8. The lowest BCUT2D eigenvalue weighted by Crippen LogP contribution is -1.75. The summed E-state index contributed by atoms with van der Waals surface area (Å²) in [6.45, 7) is 4.49. The molecule has 0 amide bonds. The van der Waals surface area contributed by atoms with Gasteiger partial charge in [0.05, 0.1) is 0 Å². The monoisotopic (exact) mass is 234 g/mol. The third-order valence-corrected chi connectivity index (χ3v) is 2.80. The molecule has 0 heterocycles. The Bertz CT molecular complexity index is 208. The first-order valence-corrected chi connectivity index (χ1v) is 7.40. The molecule has 0 spiro atoms. The Hall–Kier alpha value is -0.780. The van der Waals surface area contributed by atoms with Gasteiger partial charge >= 0.3 is 0 Å². The Balaban J connectivity index is 3.28. The summed E-state index contributed by atoms with van der Waals surface area (Å²) in [5, 5.41) is 0. The van der Waals surface area contributed by atoms with E-state index in [0.717, 1.165) is 0 Å². The van der Waals surface area contributed by atoms with Crippen molar-refractivity contribution >= 4 is 0 Å². The molecule has 0 saturated heterocycles. The quantitative estimate of drug-likeness (QED) is 0.295. The number of unbranched alkanes of at least 4 members (excludes halogenated alkanes) is 7. The Morgan fingerprint density at radius 1 is 0.529 bits per heavy atom. The van der Waals surface area contributed by atoms with Crippen LogP contribution < -0.4 is 0 Å². The van der Waals surface area contributed by atoms with E-state index in [0.29, 0.717) is 0 Å². The van der Waals surface area contributed by atoms with Gasteiger partial charge in [0, 0.05) is 0 Å². The molecule has 0 unspecified atom stereocenters. The Labute approximate surface area is 109 Å². The molecule has 0 atom stereocenters. The van der Waals surface area contributed by atoms with Crippen molar-refractivity contribution in [2.75, 3.05) is 0 Å². The van der Waals surface area contributed by atoms with E-state index >= 15 is 0 Å². The van der Waals surface area contributed by atoms with Gasteiger partial charge in [-0.1, -0.05) is 88.8 Å². The summed E-state index contributed by atoms with van der Waals surface area (Å²) in [6.07, 6.45) is 25.0. The highest BCUT2D eigenvalue weighted by atomic mass is 13.9. The Morgan fingerprint density at radius 3 is 1.65 bits per heavy atom. The standard InChI is InChI=1S/C17H30/c1-3-5-7-9-11-13-15-17-16-14-12-10-8-6-4-2/h9,11,13,15-17H,3-8,10,12,14H2,1-2H3/b11-9+,15-13+,17-16+. The highest BCUT2D eigenvalue weighted by molar-refractivity contribution is 5.10. The summed E-state index contributed by atoms with van der Waals surface area (Å²) in [6, 6.07) is 0. The van der Waals surface area contributed by atoms with Crippen LogP contribution in [-0.2, 0) is 0 Å². The van der Waals surface area contributed by atoms with Crippen LogP contribution in [0.3, 0.4) is 0 Å². The van der Waals surface area contributed by atoms with E-state index < -0.39 is 0 Å². The SMILES string of the molecule is CCCC/C=C/C=C/C=C/CCCCCCC. The van der Waals surface area contributed by atoms with E-state index in [1.165, 1.54) is 57.8 Å². The molecule has 0 aliphatic rings. The largest absolute Gasteiger partial charge is 0.0845 e. The van der Waals surface area contributed by atoms with Crippen LogP contribution in [0, 0.1) is 0 Å². The topological polar surface area (TPSA) is 0 Å². The van der Waals surface area contributed by atoms with Gasteiger partial charge in [-0.05, 0) is 19.3 Å². The minimum atomic E-state index is 1.21. The van der Waals surface area contributed by atoms with Crippen molar-refractivity contribution < 1.29 is 0 Å². The fourth-order valence-corrected chi connectivity index (χ4v) is 1.67. The molecular formula is C17H30. The summed E-state index contributed by atoms with van der Waals surface area (Å²) in [5.41, 5.74) is 0. The van der Waals surface area contributed by atoms with Crippen molar-refractivity contribution in [2.24, 2.45) is 0 Å². The molecule has 0 fully saturated rings. The summed E-state index contributed by atoms with van der Waals surface area (Å²) >= 11 is 0. The van der Waals surface area contributed by atoms with E-state index in [4.69, 9.17) is 0 Å². The van der Waals surface area contributed by atoms with Gasteiger partial charge in [-0.3, -0.25) is 0 Å². The predicted molar refractivity (Wildman–Crippen MR) is 80.3 cm³/mol. The maximum absolute atomic E-state index is 2.28. The van der Waals surface area contributed by atoms with Gasteiger partial charge in [0.2, 0.25) is 0 Å². The molecule has 0 nitrogen and oxygen atoms in total. The lowest BCUT2D eigenvalue weighted by molar-refractivity contribution is 0.637. The van der Waals surface area contributed by atoms with E-state index in [-0.39, 0.29) is 0 Å². The molecule has 0 bridgehead atoms. The summed E-state index contributed by atoms with van der Waals surface area (Å²) in [4.78, 5) is 0. The molecule has 0 aliphatic heterocycles. The lowest BCUT2D eigenvalue weighted by Gasteiger charge is -1.95. The third-order valence-electron chi connectivity index (χ3n) is 2.80. The van der Waals surface area contributed by atoms with Crippen molar-refractivity contribution in [1.29, 1.82) is 0 Å². The van der Waals surface area contributed by atoms with Crippen LogP contribution in [0.25, 0.3) is 0 Å². The molecule has 98 valence electrons. The van der Waals surface area contributed by atoms with Crippen LogP contribution in [0.2, 0.25) is 0 Å². The van der Waals surface area contributed by atoms with Gasteiger partial charge in [0.1, 0.15) is 0 Å². The number of allylic oxidation sites excluding steroid dienone is 6.